The molecular weight excluding hydrogens is 244 g/mol. The number of hydrogen-bond donors (Lipinski definition) is 1. The molecule has 94 valence electrons. The molecule has 4 nitrogen and oxygen atoms in total. The van der Waals surface area contributed by atoms with Crippen LogP contribution in [-0.4, -0.2) is 15.0 Å². The number of nitrogens with zero attached hydrogens (tertiary/aromatic N) is 3. The third-order valence-corrected chi connectivity index (χ3v) is 3.36. The van der Waals surface area contributed by atoms with E-state index in [-0.39, 0.29) is 0 Å². The van der Waals surface area contributed by atoms with Gasteiger partial charge in [-0.1, -0.05) is 6.07 Å². The van der Waals surface area contributed by atoms with Crippen LogP contribution in [0.1, 0.15) is 22.6 Å². The van der Waals surface area contributed by atoms with E-state index in [4.69, 9.17) is 5.73 Å². The SMILES string of the molecule is Cc1cc(C)nc(Sc2nc(C)ccc2CN)n1. The Hall–Kier alpha value is -1.46. The standard InChI is InChI=1S/C13H16N4S/c1-8-4-5-11(7-14)12(15-8)18-13-16-9(2)6-10(3)17-13/h4-6H,7,14H2,1-3H3. The molecule has 2 heterocycles. The summed E-state index contributed by atoms with van der Waals surface area (Å²) in [6.07, 6.45) is 0. The highest BCUT2D eigenvalue weighted by atomic mass is 32.2. The second-order valence-corrected chi connectivity index (χ2v) is 5.11. The van der Waals surface area contributed by atoms with Crippen LogP contribution < -0.4 is 5.73 Å². The minimum absolute atomic E-state index is 0.473. The van der Waals surface area contributed by atoms with Crippen LogP contribution in [0.3, 0.4) is 0 Å². The molecule has 2 aromatic rings. The van der Waals surface area contributed by atoms with Crippen LogP contribution in [0.5, 0.6) is 0 Å². The molecule has 0 saturated carbocycles. The van der Waals surface area contributed by atoms with Crippen LogP contribution in [-0.2, 0) is 6.54 Å². The van der Waals surface area contributed by atoms with Gasteiger partial charge in [-0.2, -0.15) is 0 Å². The fourth-order valence-electron chi connectivity index (χ4n) is 1.63. The van der Waals surface area contributed by atoms with E-state index in [0.717, 1.165) is 32.8 Å². The van der Waals surface area contributed by atoms with Crippen LogP contribution in [0, 0.1) is 20.8 Å². The maximum absolute atomic E-state index is 5.72. The zero-order valence-corrected chi connectivity index (χ0v) is 11.6. The summed E-state index contributed by atoms with van der Waals surface area (Å²) in [5, 5.41) is 1.61. The zero-order valence-electron chi connectivity index (χ0n) is 10.8. The maximum atomic E-state index is 5.72. The number of pyridine rings is 1. The van der Waals surface area contributed by atoms with Crippen LogP contribution in [0.4, 0.5) is 0 Å². The molecule has 0 spiro atoms. The third kappa shape index (κ3) is 3.05. The summed E-state index contributed by atoms with van der Waals surface area (Å²) in [7, 11) is 0. The molecule has 2 aromatic heterocycles. The van der Waals surface area contributed by atoms with E-state index in [1.807, 2.05) is 39.0 Å². The van der Waals surface area contributed by atoms with Gasteiger partial charge in [-0.15, -0.1) is 0 Å². The quantitative estimate of drug-likeness (QED) is 0.858. The van der Waals surface area contributed by atoms with Gasteiger partial charge >= 0.3 is 0 Å². The lowest BCUT2D eigenvalue weighted by atomic mass is 10.2. The lowest BCUT2D eigenvalue weighted by Gasteiger charge is -2.07. The molecule has 0 aliphatic rings. The molecule has 0 aliphatic heterocycles. The number of aryl methyl sites for hydroxylation is 3. The van der Waals surface area contributed by atoms with Gasteiger partial charge in [0.2, 0.25) is 0 Å². The summed E-state index contributed by atoms with van der Waals surface area (Å²) in [6.45, 7) is 6.37. The van der Waals surface area contributed by atoms with Gasteiger partial charge in [0.1, 0.15) is 5.03 Å². The van der Waals surface area contributed by atoms with E-state index in [9.17, 15) is 0 Å². The summed E-state index contributed by atoms with van der Waals surface area (Å²) >= 11 is 1.47. The van der Waals surface area contributed by atoms with E-state index in [1.54, 1.807) is 0 Å². The van der Waals surface area contributed by atoms with Crippen molar-refractivity contribution in [3.8, 4) is 0 Å². The van der Waals surface area contributed by atoms with Gasteiger partial charge in [0.25, 0.3) is 0 Å². The van der Waals surface area contributed by atoms with Crippen molar-refractivity contribution in [1.29, 1.82) is 0 Å². The Morgan fingerprint density at radius 3 is 2.28 bits per heavy atom. The molecule has 0 fully saturated rings. The Balaban J connectivity index is 2.35. The Morgan fingerprint density at radius 1 is 1.00 bits per heavy atom. The highest BCUT2D eigenvalue weighted by Gasteiger charge is 2.08. The van der Waals surface area contributed by atoms with Gasteiger partial charge in [-0.3, -0.25) is 0 Å². The number of hydrogen-bond acceptors (Lipinski definition) is 5. The fraction of sp³-hybridized carbons (Fsp3) is 0.308. The normalized spacial score (nSPS) is 10.7. The molecule has 0 aliphatic carbocycles. The Morgan fingerprint density at radius 2 is 1.67 bits per heavy atom. The van der Waals surface area contributed by atoms with Crippen molar-refractivity contribution in [2.24, 2.45) is 5.73 Å². The first kappa shape index (κ1) is 13.0. The van der Waals surface area contributed by atoms with Gasteiger partial charge in [0.05, 0.1) is 0 Å². The molecule has 0 bridgehead atoms. The van der Waals surface area contributed by atoms with Crippen LogP contribution >= 0.6 is 11.8 Å². The fourth-order valence-corrected chi connectivity index (χ4v) is 2.66. The molecule has 0 radical (unpaired) electrons. The molecule has 0 unspecified atom stereocenters. The Kier molecular flexibility index (Phi) is 3.93. The van der Waals surface area contributed by atoms with E-state index in [1.165, 1.54) is 11.8 Å². The smallest absolute Gasteiger partial charge is 0.194 e. The summed E-state index contributed by atoms with van der Waals surface area (Å²) in [6, 6.07) is 5.93. The Labute approximate surface area is 111 Å². The summed E-state index contributed by atoms with van der Waals surface area (Å²) in [5.41, 5.74) is 9.64. The largest absolute Gasteiger partial charge is 0.326 e. The zero-order chi connectivity index (χ0) is 13.1. The van der Waals surface area contributed by atoms with E-state index in [2.05, 4.69) is 15.0 Å². The topological polar surface area (TPSA) is 64.7 Å². The van der Waals surface area contributed by atoms with E-state index in [0.29, 0.717) is 6.54 Å². The molecule has 0 amide bonds. The minimum Gasteiger partial charge on any atom is -0.326 e. The van der Waals surface area contributed by atoms with Crippen molar-refractivity contribution in [2.45, 2.75) is 37.5 Å². The Bertz CT molecular complexity index is 549. The number of nitrogens with two attached hydrogens (primary N) is 1. The second-order valence-electron chi connectivity index (χ2n) is 4.16. The van der Waals surface area contributed by atoms with Crippen molar-refractivity contribution in [3.63, 3.8) is 0 Å². The first-order valence-corrected chi connectivity index (χ1v) is 6.57. The first-order valence-electron chi connectivity index (χ1n) is 5.75. The van der Waals surface area contributed by atoms with Crippen LogP contribution in [0.2, 0.25) is 0 Å². The second kappa shape index (κ2) is 5.46. The van der Waals surface area contributed by atoms with Gasteiger partial charge < -0.3 is 5.73 Å². The number of aromatic nitrogens is 3. The molecule has 0 aromatic carbocycles. The predicted molar refractivity (Wildman–Crippen MR) is 72.5 cm³/mol. The third-order valence-electron chi connectivity index (χ3n) is 2.45. The minimum atomic E-state index is 0.473. The van der Waals surface area contributed by atoms with Gasteiger partial charge in [0, 0.05) is 23.6 Å². The maximum Gasteiger partial charge on any atom is 0.194 e. The van der Waals surface area contributed by atoms with Crippen molar-refractivity contribution < 1.29 is 0 Å². The summed E-state index contributed by atoms with van der Waals surface area (Å²) in [5.74, 6) is 0. The van der Waals surface area contributed by atoms with Crippen LogP contribution in [0.15, 0.2) is 28.4 Å². The van der Waals surface area contributed by atoms with Gasteiger partial charge in [0.15, 0.2) is 5.16 Å². The highest BCUT2D eigenvalue weighted by Crippen LogP contribution is 2.26. The molecule has 5 heteroatoms. The first-order chi connectivity index (χ1) is 8.58. The molecular formula is C13H16N4S. The van der Waals surface area contributed by atoms with Crippen molar-refractivity contribution >= 4 is 11.8 Å². The molecule has 0 saturated heterocycles. The lowest BCUT2D eigenvalue weighted by Crippen LogP contribution is -2.02. The molecule has 18 heavy (non-hydrogen) atoms. The van der Waals surface area contributed by atoms with Gasteiger partial charge in [-0.25, -0.2) is 15.0 Å². The van der Waals surface area contributed by atoms with Crippen molar-refractivity contribution in [2.75, 3.05) is 0 Å². The van der Waals surface area contributed by atoms with Gasteiger partial charge in [-0.05, 0) is 50.2 Å². The van der Waals surface area contributed by atoms with Crippen LogP contribution in [0.25, 0.3) is 0 Å². The monoisotopic (exact) mass is 260 g/mol. The summed E-state index contributed by atoms with van der Waals surface area (Å²) in [4.78, 5) is 13.3. The average molecular weight is 260 g/mol. The molecule has 0 atom stereocenters. The molecule has 2 rings (SSSR count). The number of rotatable bonds is 3. The highest BCUT2D eigenvalue weighted by molar-refractivity contribution is 7.99. The molecule has 2 N–H and O–H groups in total. The average Bonchev–Trinajstić information content (AvgIpc) is 2.27. The van der Waals surface area contributed by atoms with E-state index < -0.39 is 0 Å². The van der Waals surface area contributed by atoms with Crippen molar-refractivity contribution in [3.05, 3.63) is 40.8 Å². The summed E-state index contributed by atoms with van der Waals surface area (Å²) < 4.78 is 0. The van der Waals surface area contributed by atoms with E-state index >= 15 is 0 Å². The van der Waals surface area contributed by atoms with Crippen molar-refractivity contribution in [1.82, 2.24) is 15.0 Å². The predicted octanol–water partition coefficient (Wildman–Crippen LogP) is 2.41. The lowest BCUT2D eigenvalue weighted by molar-refractivity contribution is 0.887.